The Morgan fingerprint density at radius 2 is 2.08 bits per heavy atom. The van der Waals surface area contributed by atoms with E-state index in [-0.39, 0.29) is 22.3 Å². The molecule has 0 saturated carbocycles. The summed E-state index contributed by atoms with van der Waals surface area (Å²) in [6, 6.07) is 2.82. The molecule has 0 spiro atoms. The number of rotatable bonds is 5. The summed E-state index contributed by atoms with van der Waals surface area (Å²) in [7, 11) is -4.39. The van der Waals surface area contributed by atoms with Gasteiger partial charge in [0.15, 0.2) is 5.03 Å². The summed E-state index contributed by atoms with van der Waals surface area (Å²) in [5.41, 5.74) is -1.75. The molecule has 0 aliphatic rings. The maximum atomic E-state index is 12.9. The molecule has 0 unspecified atom stereocenters. The Morgan fingerprint density at radius 3 is 2.68 bits per heavy atom. The molecule has 0 radical (unpaired) electrons. The van der Waals surface area contributed by atoms with Crippen molar-refractivity contribution in [2.45, 2.75) is 18.1 Å². The number of esters is 1. The van der Waals surface area contributed by atoms with E-state index in [1.807, 2.05) is 4.72 Å². The molecule has 0 amide bonds. The third-order valence-electron chi connectivity index (χ3n) is 2.89. The van der Waals surface area contributed by atoms with Crippen LogP contribution in [0.2, 0.25) is 0 Å². The van der Waals surface area contributed by atoms with E-state index in [0.717, 1.165) is 18.3 Å². The molecule has 0 saturated heterocycles. The third kappa shape index (κ3) is 4.31. The summed E-state index contributed by atoms with van der Waals surface area (Å²) >= 11 is 2.76. The normalized spacial score (nSPS) is 12.0. The van der Waals surface area contributed by atoms with Gasteiger partial charge in [-0.15, -0.1) is 0 Å². The minimum atomic E-state index is -4.68. The molecule has 2 N–H and O–H groups in total. The summed E-state index contributed by atoms with van der Waals surface area (Å²) in [4.78, 5) is 11.7. The summed E-state index contributed by atoms with van der Waals surface area (Å²) in [6.07, 6.45) is -3.72. The molecule has 0 aliphatic carbocycles. The van der Waals surface area contributed by atoms with Crippen molar-refractivity contribution in [1.29, 1.82) is 0 Å². The Labute approximate surface area is 148 Å². The van der Waals surface area contributed by atoms with Crippen LogP contribution in [-0.4, -0.2) is 31.2 Å². The van der Waals surface area contributed by atoms with E-state index in [1.165, 1.54) is 6.92 Å². The molecule has 25 heavy (non-hydrogen) atoms. The van der Waals surface area contributed by atoms with Crippen molar-refractivity contribution in [3.05, 3.63) is 40.0 Å². The smallest absolute Gasteiger partial charge is 0.417 e. The summed E-state index contributed by atoms with van der Waals surface area (Å²) in [5.74, 6) is -0.927. The average Bonchev–Trinajstić information content (AvgIpc) is 2.98. The van der Waals surface area contributed by atoms with Crippen LogP contribution >= 0.6 is 15.9 Å². The van der Waals surface area contributed by atoms with Gasteiger partial charge in [0.2, 0.25) is 0 Å². The standard InChI is InChI=1S/C13H11BrF3N3O4S/c1-2-24-12(21)8-6-18-19-11(8)25(22,23)20-7-3-4-10(14)9(5-7)13(15,16)17/h3-6,20H,2H2,1H3,(H,18,19). The van der Waals surface area contributed by atoms with E-state index in [2.05, 4.69) is 26.1 Å². The van der Waals surface area contributed by atoms with Crippen LogP contribution in [0.25, 0.3) is 0 Å². The van der Waals surface area contributed by atoms with Gasteiger partial charge < -0.3 is 4.74 Å². The highest BCUT2D eigenvalue weighted by Crippen LogP contribution is 2.36. The number of hydrogen-bond acceptors (Lipinski definition) is 5. The van der Waals surface area contributed by atoms with Gasteiger partial charge in [0.1, 0.15) is 5.56 Å². The monoisotopic (exact) mass is 441 g/mol. The van der Waals surface area contributed by atoms with Gasteiger partial charge in [-0.05, 0) is 25.1 Å². The number of ether oxygens (including phenoxy) is 1. The molecule has 1 heterocycles. The molecule has 1 aromatic heterocycles. The number of aromatic nitrogens is 2. The molecule has 12 heteroatoms. The van der Waals surface area contributed by atoms with Crippen molar-refractivity contribution in [2.24, 2.45) is 0 Å². The molecular formula is C13H11BrF3N3O4S. The highest BCUT2D eigenvalue weighted by Gasteiger charge is 2.34. The van der Waals surface area contributed by atoms with Gasteiger partial charge in [-0.25, -0.2) is 4.79 Å². The quantitative estimate of drug-likeness (QED) is 0.693. The van der Waals surface area contributed by atoms with E-state index < -0.39 is 32.8 Å². The molecule has 0 fully saturated rings. The Morgan fingerprint density at radius 1 is 1.40 bits per heavy atom. The molecular weight excluding hydrogens is 431 g/mol. The average molecular weight is 442 g/mol. The van der Waals surface area contributed by atoms with Crippen LogP contribution in [0.1, 0.15) is 22.8 Å². The fourth-order valence-electron chi connectivity index (χ4n) is 1.85. The van der Waals surface area contributed by atoms with Crippen LogP contribution in [0.5, 0.6) is 0 Å². The minimum absolute atomic E-state index is 0.0125. The molecule has 136 valence electrons. The molecule has 0 aliphatic heterocycles. The fraction of sp³-hybridized carbons (Fsp3) is 0.231. The van der Waals surface area contributed by atoms with Crippen LogP contribution in [0, 0.1) is 0 Å². The largest absolute Gasteiger partial charge is 0.462 e. The van der Waals surface area contributed by atoms with Crippen LogP contribution < -0.4 is 4.72 Å². The number of anilines is 1. The van der Waals surface area contributed by atoms with Gasteiger partial charge in [0.05, 0.1) is 18.4 Å². The molecule has 0 atom stereocenters. The topological polar surface area (TPSA) is 101 Å². The number of aromatic amines is 1. The van der Waals surface area contributed by atoms with Gasteiger partial charge in [0.25, 0.3) is 10.0 Å². The third-order valence-corrected chi connectivity index (χ3v) is 4.94. The Kier molecular flexibility index (Phi) is 5.42. The van der Waals surface area contributed by atoms with E-state index in [1.54, 1.807) is 0 Å². The van der Waals surface area contributed by atoms with Crippen LogP contribution in [0.4, 0.5) is 18.9 Å². The number of nitrogens with one attached hydrogen (secondary N) is 2. The lowest BCUT2D eigenvalue weighted by Gasteiger charge is -2.12. The Bertz CT molecular complexity index is 896. The first kappa shape index (κ1) is 19.2. The summed E-state index contributed by atoms with van der Waals surface area (Å²) in [6.45, 7) is 1.55. The summed E-state index contributed by atoms with van der Waals surface area (Å²) in [5, 5.41) is 4.99. The highest BCUT2D eigenvalue weighted by molar-refractivity contribution is 9.10. The maximum Gasteiger partial charge on any atom is 0.417 e. The van der Waals surface area contributed by atoms with Crippen molar-refractivity contribution >= 4 is 37.6 Å². The second-order valence-electron chi connectivity index (χ2n) is 4.63. The number of alkyl halides is 3. The number of halogens is 4. The number of nitrogens with zero attached hydrogens (tertiary/aromatic N) is 1. The van der Waals surface area contributed by atoms with E-state index in [0.29, 0.717) is 6.07 Å². The lowest BCUT2D eigenvalue weighted by Crippen LogP contribution is -2.18. The highest BCUT2D eigenvalue weighted by atomic mass is 79.9. The molecule has 1 aromatic carbocycles. The number of hydrogen-bond donors (Lipinski definition) is 2. The predicted molar refractivity (Wildman–Crippen MR) is 84.5 cm³/mol. The first-order chi connectivity index (χ1) is 11.6. The number of benzene rings is 1. The Balaban J connectivity index is 2.38. The summed E-state index contributed by atoms with van der Waals surface area (Å²) < 4.78 is 69.9. The van der Waals surface area contributed by atoms with Crippen LogP contribution in [-0.2, 0) is 20.9 Å². The lowest BCUT2D eigenvalue weighted by molar-refractivity contribution is -0.138. The van der Waals surface area contributed by atoms with Gasteiger partial charge in [-0.2, -0.15) is 26.7 Å². The predicted octanol–water partition coefficient (Wildman–Crippen LogP) is 3.17. The van der Waals surface area contributed by atoms with Crippen molar-refractivity contribution in [1.82, 2.24) is 10.2 Å². The number of carbonyl (C=O) groups is 1. The molecule has 2 rings (SSSR count). The SMILES string of the molecule is CCOC(=O)c1cn[nH]c1S(=O)(=O)Nc1ccc(Br)c(C(F)(F)F)c1. The van der Waals surface area contributed by atoms with Crippen molar-refractivity contribution in [3.8, 4) is 0 Å². The zero-order valence-electron chi connectivity index (χ0n) is 12.5. The molecule has 0 bridgehead atoms. The first-order valence-corrected chi connectivity index (χ1v) is 8.94. The van der Waals surface area contributed by atoms with Gasteiger partial charge in [-0.3, -0.25) is 9.82 Å². The maximum absolute atomic E-state index is 12.9. The van der Waals surface area contributed by atoms with Crippen molar-refractivity contribution in [3.63, 3.8) is 0 Å². The van der Waals surface area contributed by atoms with Gasteiger partial charge in [0, 0.05) is 10.2 Å². The second kappa shape index (κ2) is 7.04. The van der Waals surface area contributed by atoms with Gasteiger partial charge >= 0.3 is 12.1 Å². The fourth-order valence-corrected chi connectivity index (χ4v) is 3.45. The van der Waals surface area contributed by atoms with Gasteiger partial charge in [-0.1, -0.05) is 15.9 Å². The van der Waals surface area contributed by atoms with E-state index in [9.17, 15) is 26.4 Å². The Hall–Kier alpha value is -2.08. The number of sulfonamides is 1. The zero-order valence-corrected chi connectivity index (χ0v) is 14.9. The van der Waals surface area contributed by atoms with Crippen molar-refractivity contribution in [2.75, 3.05) is 11.3 Å². The molecule has 7 nitrogen and oxygen atoms in total. The number of carbonyl (C=O) groups excluding carboxylic acids is 1. The number of H-pyrrole nitrogens is 1. The molecule has 2 aromatic rings. The van der Waals surface area contributed by atoms with Crippen LogP contribution in [0.3, 0.4) is 0 Å². The van der Waals surface area contributed by atoms with E-state index in [4.69, 9.17) is 4.74 Å². The van der Waals surface area contributed by atoms with E-state index >= 15 is 0 Å². The second-order valence-corrected chi connectivity index (χ2v) is 7.10. The van der Waals surface area contributed by atoms with Crippen LogP contribution in [0.15, 0.2) is 33.9 Å². The van der Waals surface area contributed by atoms with Crippen molar-refractivity contribution < 1.29 is 31.1 Å². The zero-order chi connectivity index (χ0) is 18.8. The first-order valence-electron chi connectivity index (χ1n) is 6.66. The lowest BCUT2D eigenvalue weighted by atomic mass is 10.2. The minimum Gasteiger partial charge on any atom is -0.462 e.